The van der Waals surface area contributed by atoms with Crippen molar-refractivity contribution in [3.63, 3.8) is 0 Å². The van der Waals surface area contributed by atoms with E-state index in [1.807, 2.05) is 6.92 Å². The summed E-state index contributed by atoms with van der Waals surface area (Å²) in [6.45, 7) is 1.84. The van der Waals surface area contributed by atoms with E-state index in [1.165, 1.54) is 12.1 Å². The Labute approximate surface area is 116 Å². The molecule has 2 aromatic rings. The standard InChI is InChI=1S/C15H13ClFNO/c1-10(11-5-7-14(17)8-6-11)18-15(19)12-3-2-4-13(16)9-12/h2-10H,1H3,(H,18,19)/t10-/m1/s1. The van der Waals surface area contributed by atoms with E-state index >= 15 is 0 Å². The lowest BCUT2D eigenvalue weighted by Gasteiger charge is -2.14. The number of carbonyl (C=O) groups is 1. The highest BCUT2D eigenvalue weighted by Gasteiger charge is 2.11. The van der Waals surface area contributed by atoms with Crippen LogP contribution in [-0.4, -0.2) is 5.91 Å². The minimum atomic E-state index is -0.294. The highest BCUT2D eigenvalue weighted by molar-refractivity contribution is 6.30. The fourth-order valence-electron chi connectivity index (χ4n) is 1.74. The van der Waals surface area contributed by atoms with E-state index in [9.17, 15) is 9.18 Å². The van der Waals surface area contributed by atoms with Crippen molar-refractivity contribution in [3.05, 3.63) is 70.5 Å². The van der Waals surface area contributed by atoms with E-state index in [4.69, 9.17) is 11.6 Å². The summed E-state index contributed by atoms with van der Waals surface area (Å²) >= 11 is 5.84. The summed E-state index contributed by atoms with van der Waals surface area (Å²) in [6, 6.07) is 12.6. The van der Waals surface area contributed by atoms with Crippen LogP contribution in [0.4, 0.5) is 4.39 Å². The van der Waals surface area contributed by atoms with Crippen LogP contribution in [0.25, 0.3) is 0 Å². The summed E-state index contributed by atoms with van der Waals surface area (Å²) in [4.78, 5) is 12.0. The maximum absolute atomic E-state index is 12.8. The smallest absolute Gasteiger partial charge is 0.251 e. The number of hydrogen-bond donors (Lipinski definition) is 1. The first kappa shape index (κ1) is 13.6. The van der Waals surface area contributed by atoms with Gasteiger partial charge in [0.1, 0.15) is 5.82 Å². The molecule has 0 radical (unpaired) electrons. The van der Waals surface area contributed by atoms with Crippen LogP contribution in [0.2, 0.25) is 5.02 Å². The average molecular weight is 278 g/mol. The van der Waals surface area contributed by atoms with Crippen LogP contribution in [0.15, 0.2) is 48.5 Å². The number of halogens is 2. The molecule has 2 nitrogen and oxygen atoms in total. The lowest BCUT2D eigenvalue weighted by molar-refractivity contribution is 0.0940. The van der Waals surface area contributed by atoms with Crippen LogP contribution in [0.3, 0.4) is 0 Å². The summed E-state index contributed by atoms with van der Waals surface area (Å²) in [6.07, 6.45) is 0. The van der Waals surface area contributed by atoms with E-state index in [1.54, 1.807) is 36.4 Å². The summed E-state index contributed by atoms with van der Waals surface area (Å²) in [7, 11) is 0. The number of rotatable bonds is 3. The molecular weight excluding hydrogens is 265 g/mol. The molecule has 0 aliphatic heterocycles. The molecule has 0 saturated carbocycles. The number of nitrogens with one attached hydrogen (secondary N) is 1. The van der Waals surface area contributed by atoms with Crippen LogP contribution >= 0.6 is 11.6 Å². The van der Waals surface area contributed by atoms with Crippen molar-refractivity contribution < 1.29 is 9.18 Å². The number of hydrogen-bond acceptors (Lipinski definition) is 1. The second-order valence-electron chi connectivity index (χ2n) is 4.26. The Morgan fingerprint density at radius 2 is 1.89 bits per heavy atom. The lowest BCUT2D eigenvalue weighted by atomic mass is 10.1. The van der Waals surface area contributed by atoms with Crippen molar-refractivity contribution in [2.24, 2.45) is 0 Å². The zero-order chi connectivity index (χ0) is 13.8. The van der Waals surface area contributed by atoms with Crippen LogP contribution < -0.4 is 5.32 Å². The Hall–Kier alpha value is -1.87. The molecule has 4 heteroatoms. The molecule has 0 aliphatic rings. The molecule has 2 aromatic carbocycles. The second kappa shape index (κ2) is 5.85. The number of benzene rings is 2. The van der Waals surface area contributed by atoms with Crippen LogP contribution in [0, 0.1) is 5.82 Å². The van der Waals surface area contributed by atoms with E-state index in [0.29, 0.717) is 10.6 Å². The largest absolute Gasteiger partial charge is 0.346 e. The van der Waals surface area contributed by atoms with Crippen molar-refractivity contribution in [2.75, 3.05) is 0 Å². The van der Waals surface area contributed by atoms with Gasteiger partial charge in [-0.2, -0.15) is 0 Å². The zero-order valence-corrected chi connectivity index (χ0v) is 11.1. The average Bonchev–Trinajstić information content (AvgIpc) is 2.39. The van der Waals surface area contributed by atoms with E-state index < -0.39 is 0 Å². The molecule has 0 heterocycles. The van der Waals surface area contributed by atoms with Gasteiger partial charge in [0.25, 0.3) is 5.91 Å². The van der Waals surface area contributed by atoms with E-state index in [-0.39, 0.29) is 17.8 Å². The van der Waals surface area contributed by atoms with Gasteiger partial charge in [-0.05, 0) is 42.8 Å². The van der Waals surface area contributed by atoms with Crippen molar-refractivity contribution in [2.45, 2.75) is 13.0 Å². The summed E-state index contributed by atoms with van der Waals surface area (Å²) in [5, 5.41) is 3.35. The van der Waals surface area contributed by atoms with Gasteiger partial charge in [0, 0.05) is 10.6 Å². The van der Waals surface area contributed by atoms with Gasteiger partial charge in [0.2, 0.25) is 0 Å². The molecule has 0 saturated heterocycles. The minimum Gasteiger partial charge on any atom is -0.346 e. The van der Waals surface area contributed by atoms with Gasteiger partial charge in [-0.15, -0.1) is 0 Å². The summed E-state index contributed by atoms with van der Waals surface area (Å²) in [5.41, 5.74) is 1.35. The molecule has 0 spiro atoms. The molecule has 19 heavy (non-hydrogen) atoms. The van der Waals surface area contributed by atoms with Gasteiger partial charge in [0.15, 0.2) is 0 Å². The number of amides is 1. The first-order valence-corrected chi connectivity index (χ1v) is 6.26. The van der Waals surface area contributed by atoms with Crippen LogP contribution in [-0.2, 0) is 0 Å². The first-order chi connectivity index (χ1) is 9.06. The van der Waals surface area contributed by atoms with Crippen LogP contribution in [0.5, 0.6) is 0 Å². The molecule has 0 unspecified atom stereocenters. The van der Waals surface area contributed by atoms with Crippen LogP contribution in [0.1, 0.15) is 28.9 Å². The fourth-order valence-corrected chi connectivity index (χ4v) is 1.93. The van der Waals surface area contributed by atoms with Gasteiger partial charge in [-0.3, -0.25) is 4.79 Å². The predicted molar refractivity (Wildman–Crippen MR) is 73.7 cm³/mol. The molecule has 0 aliphatic carbocycles. The topological polar surface area (TPSA) is 29.1 Å². The number of carbonyl (C=O) groups excluding carboxylic acids is 1. The lowest BCUT2D eigenvalue weighted by Crippen LogP contribution is -2.26. The Kier molecular flexibility index (Phi) is 4.17. The molecule has 1 N–H and O–H groups in total. The predicted octanol–water partition coefficient (Wildman–Crippen LogP) is 3.97. The Morgan fingerprint density at radius 3 is 2.53 bits per heavy atom. The minimum absolute atomic E-state index is 0.202. The Bertz CT molecular complexity index is 583. The Balaban J connectivity index is 2.08. The second-order valence-corrected chi connectivity index (χ2v) is 4.69. The maximum atomic E-state index is 12.8. The molecule has 1 atom stereocenters. The zero-order valence-electron chi connectivity index (χ0n) is 10.4. The third kappa shape index (κ3) is 3.55. The van der Waals surface area contributed by atoms with Gasteiger partial charge in [-0.25, -0.2) is 4.39 Å². The summed E-state index contributed by atoms with van der Waals surface area (Å²) in [5.74, 6) is -0.503. The first-order valence-electron chi connectivity index (χ1n) is 5.88. The third-order valence-corrected chi connectivity index (χ3v) is 3.04. The molecular formula is C15H13ClFNO. The third-order valence-electron chi connectivity index (χ3n) is 2.80. The van der Waals surface area contributed by atoms with Crippen molar-refractivity contribution >= 4 is 17.5 Å². The van der Waals surface area contributed by atoms with Gasteiger partial charge < -0.3 is 5.32 Å². The van der Waals surface area contributed by atoms with Crippen molar-refractivity contribution in [1.29, 1.82) is 0 Å². The highest BCUT2D eigenvalue weighted by Crippen LogP contribution is 2.15. The van der Waals surface area contributed by atoms with E-state index in [0.717, 1.165) is 5.56 Å². The maximum Gasteiger partial charge on any atom is 0.251 e. The SMILES string of the molecule is C[C@@H](NC(=O)c1cccc(Cl)c1)c1ccc(F)cc1. The monoisotopic (exact) mass is 277 g/mol. The molecule has 0 fully saturated rings. The molecule has 1 amide bonds. The van der Waals surface area contributed by atoms with Gasteiger partial charge in [0.05, 0.1) is 6.04 Å². The fraction of sp³-hybridized carbons (Fsp3) is 0.133. The van der Waals surface area contributed by atoms with E-state index in [2.05, 4.69) is 5.32 Å². The highest BCUT2D eigenvalue weighted by atomic mass is 35.5. The summed E-state index contributed by atoms with van der Waals surface area (Å²) < 4.78 is 12.8. The quantitative estimate of drug-likeness (QED) is 0.904. The molecule has 2 rings (SSSR count). The van der Waals surface area contributed by atoms with Gasteiger partial charge in [-0.1, -0.05) is 29.8 Å². The Morgan fingerprint density at radius 1 is 1.21 bits per heavy atom. The van der Waals surface area contributed by atoms with Crippen molar-refractivity contribution in [3.8, 4) is 0 Å². The molecule has 0 bridgehead atoms. The molecule has 98 valence electrons. The normalized spacial score (nSPS) is 11.9. The van der Waals surface area contributed by atoms with Crippen molar-refractivity contribution in [1.82, 2.24) is 5.32 Å². The van der Waals surface area contributed by atoms with Gasteiger partial charge >= 0.3 is 0 Å². The molecule has 0 aromatic heterocycles.